The maximum Gasteiger partial charge on any atom is 0.250 e. The smallest absolute Gasteiger partial charge is 0.250 e. The lowest BCUT2D eigenvalue weighted by molar-refractivity contribution is -0.118. The van der Waals surface area contributed by atoms with Crippen LogP contribution < -0.4 is 5.43 Å². The first-order valence-electron chi connectivity index (χ1n) is 9.88. The molecule has 1 aromatic heterocycles. The number of aryl methyl sites for hydroxylation is 1. The largest absolute Gasteiger partial charge is 0.272 e. The summed E-state index contributed by atoms with van der Waals surface area (Å²) in [5, 5.41) is 13.4. The first-order chi connectivity index (χ1) is 15.6. The Morgan fingerprint density at radius 1 is 1.03 bits per heavy atom. The van der Waals surface area contributed by atoms with Crippen molar-refractivity contribution in [2.75, 3.05) is 5.75 Å². The molecule has 0 unspecified atom stereocenters. The van der Waals surface area contributed by atoms with Crippen molar-refractivity contribution in [1.29, 1.82) is 0 Å². The van der Waals surface area contributed by atoms with Crippen LogP contribution in [0.2, 0.25) is 0 Å². The van der Waals surface area contributed by atoms with Gasteiger partial charge < -0.3 is 0 Å². The van der Waals surface area contributed by atoms with E-state index in [1.165, 1.54) is 17.3 Å². The molecule has 0 saturated carbocycles. The molecule has 1 N–H and O–H groups in total. The van der Waals surface area contributed by atoms with Crippen LogP contribution in [0, 0.1) is 6.92 Å². The molecular formula is C24H20BrN5OS. The van der Waals surface area contributed by atoms with Crippen LogP contribution in [-0.4, -0.2) is 32.6 Å². The molecular weight excluding hydrogens is 486 g/mol. The van der Waals surface area contributed by atoms with Crippen LogP contribution in [0.4, 0.5) is 0 Å². The van der Waals surface area contributed by atoms with Gasteiger partial charge in [0.2, 0.25) is 0 Å². The van der Waals surface area contributed by atoms with Gasteiger partial charge in [0.05, 0.1) is 12.0 Å². The lowest BCUT2D eigenvalue weighted by atomic mass is 10.2. The SMILES string of the molecule is Cc1ccc(-n2c(SCC(=O)NN=Cc3ccc(Br)cc3)nnc2-c2ccccc2)cc1. The van der Waals surface area contributed by atoms with Crippen LogP contribution in [0.15, 0.2) is 93.6 Å². The Labute approximate surface area is 198 Å². The van der Waals surface area contributed by atoms with E-state index in [1.54, 1.807) is 6.21 Å². The molecule has 32 heavy (non-hydrogen) atoms. The van der Waals surface area contributed by atoms with E-state index in [9.17, 15) is 4.79 Å². The van der Waals surface area contributed by atoms with Crippen molar-refractivity contribution in [2.24, 2.45) is 5.10 Å². The average molecular weight is 506 g/mol. The standard InChI is InChI=1S/C24H20BrN5OS/c1-17-7-13-21(14-8-17)30-23(19-5-3-2-4-6-19)28-29-24(30)32-16-22(31)27-26-15-18-9-11-20(25)12-10-18/h2-15H,16H2,1H3,(H,27,31). The summed E-state index contributed by atoms with van der Waals surface area (Å²) < 4.78 is 2.96. The van der Waals surface area contributed by atoms with E-state index in [0.29, 0.717) is 5.16 Å². The first kappa shape index (κ1) is 22.0. The van der Waals surface area contributed by atoms with Gasteiger partial charge in [0, 0.05) is 15.7 Å². The third kappa shape index (κ3) is 5.52. The number of thioether (sulfide) groups is 1. The molecule has 1 amide bonds. The van der Waals surface area contributed by atoms with Gasteiger partial charge in [-0.15, -0.1) is 10.2 Å². The topological polar surface area (TPSA) is 72.2 Å². The van der Waals surface area contributed by atoms with Gasteiger partial charge >= 0.3 is 0 Å². The molecule has 0 saturated heterocycles. The van der Waals surface area contributed by atoms with E-state index in [-0.39, 0.29) is 11.7 Å². The molecule has 160 valence electrons. The zero-order chi connectivity index (χ0) is 22.3. The molecule has 0 aliphatic heterocycles. The number of amides is 1. The Kier molecular flexibility index (Phi) is 7.14. The number of hydrazone groups is 1. The Morgan fingerprint density at radius 2 is 1.75 bits per heavy atom. The van der Waals surface area contributed by atoms with Gasteiger partial charge in [-0.1, -0.05) is 87.9 Å². The molecule has 8 heteroatoms. The van der Waals surface area contributed by atoms with Crippen molar-refractivity contribution in [3.63, 3.8) is 0 Å². The quantitative estimate of drug-likeness (QED) is 0.211. The summed E-state index contributed by atoms with van der Waals surface area (Å²) in [4.78, 5) is 12.3. The summed E-state index contributed by atoms with van der Waals surface area (Å²) >= 11 is 4.71. The molecule has 0 radical (unpaired) electrons. The zero-order valence-electron chi connectivity index (χ0n) is 17.3. The predicted molar refractivity (Wildman–Crippen MR) is 132 cm³/mol. The number of carbonyl (C=O) groups is 1. The van der Waals surface area contributed by atoms with E-state index >= 15 is 0 Å². The Bertz CT molecular complexity index is 1220. The first-order valence-corrected chi connectivity index (χ1v) is 11.7. The molecule has 0 atom stereocenters. The van der Waals surface area contributed by atoms with Gasteiger partial charge in [0.15, 0.2) is 11.0 Å². The van der Waals surface area contributed by atoms with Gasteiger partial charge in [0.1, 0.15) is 0 Å². The third-order valence-corrected chi connectivity index (χ3v) is 6.02. The predicted octanol–water partition coefficient (Wildman–Crippen LogP) is 5.25. The van der Waals surface area contributed by atoms with Crippen molar-refractivity contribution in [3.8, 4) is 17.1 Å². The number of nitrogens with one attached hydrogen (secondary N) is 1. The van der Waals surface area contributed by atoms with Crippen molar-refractivity contribution in [2.45, 2.75) is 12.1 Å². The van der Waals surface area contributed by atoms with E-state index in [1.807, 2.05) is 90.4 Å². The maximum atomic E-state index is 12.3. The van der Waals surface area contributed by atoms with Gasteiger partial charge in [-0.05, 0) is 36.8 Å². The lowest BCUT2D eigenvalue weighted by Gasteiger charge is -2.10. The number of benzene rings is 3. The van der Waals surface area contributed by atoms with Gasteiger partial charge in [-0.25, -0.2) is 5.43 Å². The normalized spacial score (nSPS) is 11.1. The van der Waals surface area contributed by atoms with Crippen molar-refractivity contribution in [3.05, 3.63) is 94.5 Å². The van der Waals surface area contributed by atoms with Crippen molar-refractivity contribution >= 4 is 39.8 Å². The molecule has 0 aliphatic rings. The summed E-state index contributed by atoms with van der Waals surface area (Å²) in [6.45, 7) is 2.04. The lowest BCUT2D eigenvalue weighted by Crippen LogP contribution is -2.20. The second-order valence-corrected chi connectivity index (χ2v) is 8.83. The van der Waals surface area contributed by atoms with Crippen molar-refractivity contribution in [1.82, 2.24) is 20.2 Å². The van der Waals surface area contributed by atoms with Gasteiger partial charge in [-0.2, -0.15) is 5.10 Å². The van der Waals surface area contributed by atoms with Crippen LogP contribution >= 0.6 is 27.7 Å². The number of rotatable bonds is 7. The molecule has 1 heterocycles. The molecule has 4 aromatic rings. The maximum absolute atomic E-state index is 12.3. The zero-order valence-corrected chi connectivity index (χ0v) is 19.7. The Morgan fingerprint density at radius 3 is 2.47 bits per heavy atom. The van der Waals surface area contributed by atoms with Crippen LogP contribution in [0.3, 0.4) is 0 Å². The van der Waals surface area contributed by atoms with E-state index in [2.05, 4.69) is 36.7 Å². The molecule has 0 spiro atoms. The average Bonchev–Trinajstić information content (AvgIpc) is 3.24. The summed E-state index contributed by atoms with van der Waals surface area (Å²) in [7, 11) is 0. The van der Waals surface area contributed by atoms with E-state index < -0.39 is 0 Å². The molecule has 6 nitrogen and oxygen atoms in total. The molecule has 3 aromatic carbocycles. The fourth-order valence-electron chi connectivity index (χ4n) is 2.95. The minimum atomic E-state index is -0.219. The summed E-state index contributed by atoms with van der Waals surface area (Å²) in [6, 6.07) is 25.7. The second-order valence-electron chi connectivity index (χ2n) is 6.98. The number of hydrogen-bond acceptors (Lipinski definition) is 5. The van der Waals surface area contributed by atoms with Crippen molar-refractivity contribution < 1.29 is 4.79 Å². The van der Waals surface area contributed by atoms with E-state index in [4.69, 9.17) is 0 Å². The summed E-state index contributed by atoms with van der Waals surface area (Å²) in [6.07, 6.45) is 1.61. The second kappa shape index (κ2) is 10.4. The summed E-state index contributed by atoms with van der Waals surface area (Å²) in [5.74, 6) is 0.671. The number of nitrogens with zero attached hydrogens (tertiary/aromatic N) is 4. The monoisotopic (exact) mass is 505 g/mol. The molecule has 4 rings (SSSR count). The van der Waals surface area contributed by atoms with Crippen LogP contribution in [0.5, 0.6) is 0 Å². The minimum Gasteiger partial charge on any atom is -0.272 e. The number of carbonyl (C=O) groups excluding carboxylic acids is 1. The summed E-state index contributed by atoms with van der Waals surface area (Å²) in [5.41, 5.74) is 6.52. The molecule has 0 aliphatic carbocycles. The highest BCUT2D eigenvalue weighted by Crippen LogP contribution is 2.28. The van der Waals surface area contributed by atoms with E-state index in [0.717, 1.165) is 27.1 Å². The third-order valence-electron chi connectivity index (χ3n) is 4.56. The highest BCUT2D eigenvalue weighted by atomic mass is 79.9. The number of aromatic nitrogens is 3. The van der Waals surface area contributed by atoms with Crippen LogP contribution in [-0.2, 0) is 4.79 Å². The van der Waals surface area contributed by atoms with Gasteiger partial charge in [-0.3, -0.25) is 9.36 Å². The number of halogens is 1. The van der Waals surface area contributed by atoms with Gasteiger partial charge in [0.25, 0.3) is 5.91 Å². The number of hydrogen-bond donors (Lipinski definition) is 1. The Balaban J connectivity index is 1.49. The fourth-order valence-corrected chi connectivity index (χ4v) is 3.96. The van der Waals surface area contributed by atoms with Crippen LogP contribution in [0.1, 0.15) is 11.1 Å². The highest BCUT2D eigenvalue weighted by molar-refractivity contribution is 9.10. The fraction of sp³-hybridized carbons (Fsp3) is 0.0833. The highest BCUT2D eigenvalue weighted by Gasteiger charge is 2.17. The minimum absolute atomic E-state index is 0.163. The molecule has 0 fully saturated rings. The molecule has 0 bridgehead atoms. The van der Waals surface area contributed by atoms with Crippen LogP contribution in [0.25, 0.3) is 17.1 Å². The Hall–Kier alpha value is -3.23.